The molecule has 2 heteroatoms. The Morgan fingerprint density at radius 3 is 2.74 bits per heavy atom. The van der Waals surface area contributed by atoms with E-state index in [0.29, 0.717) is 12.1 Å². The lowest BCUT2D eigenvalue weighted by Gasteiger charge is -2.39. The van der Waals surface area contributed by atoms with Crippen molar-refractivity contribution in [1.29, 1.82) is 0 Å². The lowest BCUT2D eigenvalue weighted by molar-refractivity contribution is 0.125. The van der Waals surface area contributed by atoms with Crippen LogP contribution in [0.3, 0.4) is 0 Å². The predicted molar refractivity (Wildman–Crippen MR) is 80.3 cm³/mol. The third-order valence-electron chi connectivity index (χ3n) is 4.86. The highest BCUT2D eigenvalue weighted by Gasteiger charge is 2.43. The molecule has 1 N–H and O–H groups in total. The van der Waals surface area contributed by atoms with Gasteiger partial charge in [-0.05, 0) is 31.2 Å². The van der Waals surface area contributed by atoms with Crippen molar-refractivity contribution < 1.29 is 0 Å². The Kier molecular flexibility index (Phi) is 3.90. The van der Waals surface area contributed by atoms with Crippen LogP contribution in [0.5, 0.6) is 0 Å². The predicted octanol–water partition coefficient (Wildman–Crippen LogP) is 2.69. The van der Waals surface area contributed by atoms with Crippen LogP contribution in [0.15, 0.2) is 30.3 Å². The van der Waals surface area contributed by atoms with E-state index in [1.54, 1.807) is 0 Å². The molecular weight excluding hydrogens is 232 g/mol. The number of piperazine rings is 1. The van der Waals surface area contributed by atoms with Gasteiger partial charge in [-0.1, -0.05) is 43.7 Å². The average molecular weight is 258 g/mol. The molecule has 19 heavy (non-hydrogen) atoms. The minimum atomic E-state index is 0.622. The van der Waals surface area contributed by atoms with Gasteiger partial charge in [0.2, 0.25) is 0 Å². The molecule has 4 unspecified atom stereocenters. The van der Waals surface area contributed by atoms with Gasteiger partial charge in [-0.15, -0.1) is 0 Å². The third kappa shape index (κ3) is 3.01. The van der Waals surface area contributed by atoms with Crippen LogP contribution in [0.25, 0.3) is 0 Å². The molecule has 104 valence electrons. The Labute approximate surface area is 117 Å². The molecule has 2 nitrogen and oxygen atoms in total. The first-order valence-electron chi connectivity index (χ1n) is 7.81. The molecule has 0 aromatic heterocycles. The van der Waals surface area contributed by atoms with Crippen molar-refractivity contribution in [1.82, 2.24) is 10.2 Å². The number of nitrogens with zero attached hydrogens (tertiary/aromatic N) is 1. The smallest absolute Gasteiger partial charge is 0.0236 e. The minimum absolute atomic E-state index is 0.622. The van der Waals surface area contributed by atoms with Crippen LogP contribution in [-0.2, 0) is 6.42 Å². The van der Waals surface area contributed by atoms with Crippen LogP contribution in [0.1, 0.15) is 32.3 Å². The summed E-state index contributed by atoms with van der Waals surface area (Å²) < 4.78 is 0. The van der Waals surface area contributed by atoms with E-state index >= 15 is 0 Å². The number of rotatable bonds is 4. The molecule has 2 fully saturated rings. The molecular formula is C17H26N2. The van der Waals surface area contributed by atoms with Crippen LogP contribution in [0.2, 0.25) is 0 Å². The molecule has 1 aromatic rings. The second kappa shape index (κ2) is 5.64. The molecule has 2 aliphatic rings. The van der Waals surface area contributed by atoms with E-state index in [1.807, 2.05) is 0 Å². The topological polar surface area (TPSA) is 15.3 Å². The maximum absolute atomic E-state index is 3.72. The molecule has 1 aliphatic heterocycles. The summed E-state index contributed by atoms with van der Waals surface area (Å²) in [4.78, 5) is 2.76. The zero-order chi connectivity index (χ0) is 13.2. The first kappa shape index (κ1) is 13.1. The Hall–Kier alpha value is -0.860. The Balaban J connectivity index is 1.59. The van der Waals surface area contributed by atoms with Crippen LogP contribution in [0, 0.1) is 5.92 Å². The van der Waals surface area contributed by atoms with Gasteiger partial charge in [-0.2, -0.15) is 0 Å². The van der Waals surface area contributed by atoms with Crippen LogP contribution < -0.4 is 5.32 Å². The van der Waals surface area contributed by atoms with Gasteiger partial charge in [-0.25, -0.2) is 0 Å². The van der Waals surface area contributed by atoms with E-state index in [0.717, 1.165) is 24.9 Å². The summed E-state index contributed by atoms with van der Waals surface area (Å²) in [5.74, 6) is 0.970. The lowest BCUT2D eigenvalue weighted by Crippen LogP contribution is -2.57. The largest absolute Gasteiger partial charge is 0.311 e. The van der Waals surface area contributed by atoms with Crippen LogP contribution in [0.4, 0.5) is 0 Å². The van der Waals surface area contributed by atoms with Gasteiger partial charge in [0.25, 0.3) is 0 Å². The van der Waals surface area contributed by atoms with Gasteiger partial charge >= 0.3 is 0 Å². The zero-order valence-corrected chi connectivity index (χ0v) is 12.2. The molecule has 3 rings (SSSR count). The minimum Gasteiger partial charge on any atom is -0.311 e. The van der Waals surface area contributed by atoms with Gasteiger partial charge in [0.15, 0.2) is 0 Å². The second-order valence-electron chi connectivity index (χ2n) is 6.31. The summed E-state index contributed by atoms with van der Waals surface area (Å²) in [6.07, 6.45) is 3.94. The van der Waals surface area contributed by atoms with E-state index in [9.17, 15) is 0 Å². The van der Waals surface area contributed by atoms with E-state index in [1.165, 1.54) is 24.9 Å². The summed E-state index contributed by atoms with van der Waals surface area (Å²) in [7, 11) is 0. The molecule has 1 heterocycles. The maximum atomic E-state index is 3.72. The van der Waals surface area contributed by atoms with Gasteiger partial charge < -0.3 is 5.32 Å². The number of hydrogen-bond donors (Lipinski definition) is 1. The first-order valence-corrected chi connectivity index (χ1v) is 7.81. The van der Waals surface area contributed by atoms with E-state index in [4.69, 9.17) is 0 Å². The van der Waals surface area contributed by atoms with Crippen LogP contribution in [-0.4, -0.2) is 36.1 Å². The number of hydrogen-bond acceptors (Lipinski definition) is 2. The number of benzene rings is 1. The molecule has 0 amide bonds. The quantitative estimate of drug-likeness (QED) is 0.893. The summed E-state index contributed by atoms with van der Waals surface area (Å²) in [6, 6.07) is 13.1. The zero-order valence-electron chi connectivity index (χ0n) is 12.2. The van der Waals surface area contributed by atoms with Gasteiger partial charge in [0.05, 0.1) is 0 Å². The third-order valence-corrected chi connectivity index (χ3v) is 4.86. The number of nitrogens with one attached hydrogen (secondary N) is 1. The lowest BCUT2D eigenvalue weighted by atomic mass is 10.0. The molecule has 1 aromatic carbocycles. The highest BCUT2D eigenvalue weighted by atomic mass is 15.3. The van der Waals surface area contributed by atoms with E-state index < -0.39 is 0 Å². The van der Waals surface area contributed by atoms with Crippen molar-refractivity contribution in [2.24, 2.45) is 5.92 Å². The Morgan fingerprint density at radius 2 is 2.05 bits per heavy atom. The summed E-state index contributed by atoms with van der Waals surface area (Å²) in [6.45, 7) is 7.07. The Morgan fingerprint density at radius 1 is 1.26 bits per heavy atom. The van der Waals surface area contributed by atoms with Crippen molar-refractivity contribution in [2.75, 3.05) is 13.1 Å². The van der Waals surface area contributed by atoms with Crippen molar-refractivity contribution in [3.05, 3.63) is 35.9 Å². The maximum Gasteiger partial charge on any atom is 0.0236 e. The monoisotopic (exact) mass is 258 g/mol. The highest BCUT2D eigenvalue weighted by molar-refractivity contribution is 5.16. The summed E-state index contributed by atoms with van der Waals surface area (Å²) in [5, 5.41) is 3.72. The van der Waals surface area contributed by atoms with Crippen molar-refractivity contribution in [2.45, 2.75) is 51.2 Å². The van der Waals surface area contributed by atoms with E-state index in [-0.39, 0.29) is 0 Å². The second-order valence-corrected chi connectivity index (χ2v) is 6.31. The molecule has 1 aliphatic carbocycles. The SMILES string of the molecule is CCC1CC1N1CC(Cc2ccccc2)NCC1C. The fraction of sp³-hybridized carbons (Fsp3) is 0.647. The first-order chi connectivity index (χ1) is 9.28. The molecule has 0 radical (unpaired) electrons. The van der Waals surface area contributed by atoms with Crippen LogP contribution >= 0.6 is 0 Å². The summed E-state index contributed by atoms with van der Waals surface area (Å²) >= 11 is 0. The summed E-state index contributed by atoms with van der Waals surface area (Å²) in [5.41, 5.74) is 1.46. The molecule has 1 saturated carbocycles. The van der Waals surface area contributed by atoms with Gasteiger partial charge in [-0.3, -0.25) is 4.90 Å². The Bertz CT molecular complexity index is 403. The molecule has 0 spiro atoms. The molecule has 0 bridgehead atoms. The normalized spacial score (nSPS) is 35.3. The van der Waals surface area contributed by atoms with Crippen molar-refractivity contribution in [3.8, 4) is 0 Å². The van der Waals surface area contributed by atoms with Gasteiger partial charge in [0, 0.05) is 31.2 Å². The highest BCUT2D eigenvalue weighted by Crippen LogP contribution is 2.39. The fourth-order valence-electron chi connectivity index (χ4n) is 3.53. The van der Waals surface area contributed by atoms with Crippen molar-refractivity contribution >= 4 is 0 Å². The van der Waals surface area contributed by atoms with Crippen molar-refractivity contribution in [3.63, 3.8) is 0 Å². The molecule has 1 saturated heterocycles. The fourth-order valence-corrected chi connectivity index (χ4v) is 3.53. The molecule has 4 atom stereocenters. The standard InChI is InChI=1S/C17H26N2/c1-3-15-10-17(15)19-12-16(18-11-13(19)2)9-14-7-5-4-6-8-14/h4-8,13,15-18H,3,9-12H2,1-2H3. The van der Waals surface area contributed by atoms with E-state index in [2.05, 4.69) is 54.4 Å². The van der Waals surface area contributed by atoms with Gasteiger partial charge in [0.1, 0.15) is 0 Å². The average Bonchev–Trinajstić information content (AvgIpc) is 3.21.